The zero-order valence-electron chi connectivity index (χ0n) is 15.8. The van der Waals surface area contributed by atoms with E-state index in [4.69, 9.17) is 4.74 Å². The molecule has 28 heavy (non-hydrogen) atoms. The highest BCUT2D eigenvalue weighted by Crippen LogP contribution is 2.34. The summed E-state index contributed by atoms with van der Waals surface area (Å²) in [5.41, 5.74) is -0.962. The third-order valence-corrected chi connectivity index (χ3v) is 4.40. The Balaban J connectivity index is 2.29. The van der Waals surface area contributed by atoms with Crippen LogP contribution in [0.25, 0.3) is 0 Å². The van der Waals surface area contributed by atoms with Crippen molar-refractivity contribution in [2.75, 3.05) is 0 Å². The second kappa shape index (κ2) is 8.32. The molecule has 2 aromatic rings. The third-order valence-electron chi connectivity index (χ3n) is 4.40. The van der Waals surface area contributed by atoms with Crippen molar-refractivity contribution in [1.82, 2.24) is 0 Å². The van der Waals surface area contributed by atoms with Gasteiger partial charge in [-0.3, -0.25) is 0 Å². The van der Waals surface area contributed by atoms with Crippen molar-refractivity contribution in [3.8, 4) is 0 Å². The first-order valence-corrected chi connectivity index (χ1v) is 8.79. The highest BCUT2D eigenvalue weighted by atomic mass is 19.4. The average molecular weight is 396 g/mol. The van der Waals surface area contributed by atoms with E-state index in [-0.39, 0.29) is 12.5 Å². The number of hydrogen-bond donors (Lipinski definition) is 2. The first kappa shape index (κ1) is 21.9. The van der Waals surface area contributed by atoms with E-state index >= 15 is 0 Å². The number of benzene rings is 2. The Hall–Kier alpha value is -2.38. The Morgan fingerprint density at radius 2 is 1.61 bits per heavy atom. The lowest BCUT2D eigenvalue weighted by atomic mass is 9.86. The second-order valence-electron chi connectivity index (χ2n) is 7.06. The summed E-state index contributed by atoms with van der Waals surface area (Å²) >= 11 is 0. The number of hydrogen-bond acceptors (Lipinski definition) is 3. The number of carbonyl (C=O) groups is 1. The predicted molar refractivity (Wildman–Crippen MR) is 97.9 cm³/mol. The van der Waals surface area contributed by atoms with Gasteiger partial charge in [0, 0.05) is 6.42 Å². The molecule has 0 aliphatic rings. The zero-order valence-corrected chi connectivity index (χ0v) is 15.8. The summed E-state index contributed by atoms with van der Waals surface area (Å²) in [5, 5.41) is 20.3. The van der Waals surface area contributed by atoms with Crippen molar-refractivity contribution in [3.05, 3.63) is 70.8 Å². The maximum atomic E-state index is 12.7. The van der Waals surface area contributed by atoms with E-state index in [1.54, 1.807) is 38.1 Å². The lowest BCUT2D eigenvalue weighted by Gasteiger charge is -2.26. The molecule has 0 fully saturated rings. The topological polar surface area (TPSA) is 66.8 Å². The molecule has 2 rings (SSSR count). The van der Waals surface area contributed by atoms with Crippen LogP contribution in [0.2, 0.25) is 0 Å². The maximum Gasteiger partial charge on any atom is 0.416 e. The van der Waals surface area contributed by atoms with Crippen LogP contribution in [-0.4, -0.2) is 28.4 Å². The van der Waals surface area contributed by atoms with Crippen LogP contribution < -0.4 is 0 Å². The van der Waals surface area contributed by atoms with Crippen LogP contribution in [0.5, 0.6) is 0 Å². The standard InChI is InChI=1S/C21H23F3O4/c1-13(2)28-18(19(25)26)12-14-5-4-6-17(11-14)20(3,27)15-7-9-16(10-8-15)21(22,23)24/h4-11,13,18,27H,12H2,1-3H3,(H,25,26). The first-order valence-electron chi connectivity index (χ1n) is 8.79. The zero-order chi connectivity index (χ0) is 21.1. The van der Waals surface area contributed by atoms with Crippen molar-refractivity contribution in [3.63, 3.8) is 0 Å². The van der Waals surface area contributed by atoms with Gasteiger partial charge in [0.15, 0.2) is 6.10 Å². The van der Waals surface area contributed by atoms with E-state index in [9.17, 15) is 28.2 Å². The third kappa shape index (κ3) is 5.33. The van der Waals surface area contributed by atoms with Crippen molar-refractivity contribution in [2.24, 2.45) is 0 Å². The number of ether oxygens (including phenoxy) is 1. The van der Waals surface area contributed by atoms with Crippen molar-refractivity contribution in [2.45, 2.75) is 51.2 Å². The van der Waals surface area contributed by atoms with Crippen molar-refractivity contribution < 1.29 is 32.9 Å². The monoisotopic (exact) mass is 396 g/mol. The van der Waals surface area contributed by atoms with Crippen LogP contribution in [-0.2, 0) is 27.7 Å². The minimum Gasteiger partial charge on any atom is -0.479 e. The van der Waals surface area contributed by atoms with Gasteiger partial charge in [0.2, 0.25) is 0 Å². The molecule has 152 valence electrons. The number of alkyl halides is 3. The molecule has 0 bridgehead atoms. The fraction of sp³-hybridized carbons (Fsp3) is 0.381. The molecule has 0 amide bonds. The SMILES string of the molecule is CC(C)OC(Cc1cccc(C(C)(O)c2ccc(C(F)(F)F)cc2)c1)C(=O)O. The van der Waals surface area contributed by atoms with Gasteiger partial charge in [0.05, 0.1) is 11.7 Å². The number of rotatable bonds is 7. The molecule has 0 radical (unpaired) electrons. The Labute approximate surface area is 161 Å². The normalized spacial score (nSPS) is 15.3. The summed E-state index contributed by atoms with van der Waals surface area (Å²) in [5.74, 6) is -1.09. The van der Waals surface area contributed by atoms with Gasteiger partial charge in [-0.05, 0) is 49.6 Å². The van der Waals surface area contributed by atoms with Gasteiger partial charge in [-0.1, -0.05) is 36.4 Å². The van der Waals surface area contributed by atoms with Crippen molar-refractivity contribution >= 4 is 5.97 Å². The van der Waals surface area contributed by atoms with E-state index in [2.05, 4.69) is 0 Å². The number of aliphatic hydroxyl groups is 1. The second-order valence-corrected chi connectivity index (χ2v) is 7.06. The molecule has 2 aromatic carbocycles. The van der Waals surface area contributed by atoms with E-state index in [0.717, 1.165) is 12.1 Å². The van der Waals surface area contributed by atoms with Crippen LogP contribution in [0, 0.1) is 0 Å². The number of aliphatic carboxylic acids is 1. The molecule has 7 heteroatoms. The summed E-state index contributed by atoms with van der Waals surface area (Å²) in [6.45, 7) is 4.96. The molecule has 4 nitrogen and oxygen atoms in total. The van der Waals surface area contributed by atoms with Gasteiger partial charge in [-0.15, -0.1) is 0 Å². The molecule has 0 saturated heterocycles. The fourth-order valence-electron chi connectivity index (χ4n) is 2.89. The van der Waals surface area contributed by atoms with E-state index < -0.39 is 29.4 Å². The van der Waals surface area contributed by atoms with Crippen LogP contribution >= 0.6 is 0 Å². The molecule has 0 heterocycles. The highest BCUT2D eigenvalue weighted by molar-refractivity contribution is 5.72. The van der Waals surface area contributed by atoms with E-state index in [1.165, 1.54) is 19.1 Å². The first-order chi connectivity index (χ1) is 12.9. The summed E-state index contributed by atoms with van der Waals surface area (Å²) in [6, 6.07) is 11.0. The molecule has 0 spiro atoms. The van der Waals surface area contributed by atoms with Crippen LogP contribution in [0.15, 0.2) is 48.5 Å². The summed E-state index contributed by atoms with van der Waals surface area (Å²) in [7, 11) is 0. The molecule has 0 saturated carbocycles. The summed E-state index contributed by atoms with van der Waals surface area (Å²) < 4.78 is 43.6. The minimum absolute atomic E-state index is 0.102. The quantitative estimate of drug-likeness (QED) is 0.729. The highest BCUT2D eigenvalue weighted by Gasteiger charge is 2.32. The van der Waals surface area contributed by atoms with Gasteiger partial charge in [-0.25, -0.2) is 4.79 Å². The molecular weight excluding hydrogens is 373 g/mol. The molecular formula is C21H23F3O4. The minimum atomic E-state index is -4.45. The largest absolute Gasteiger partial charge is 0.479 e. The smallest absolute Gasteiger partial charge is 0.416 e. The Bertz CT molecular complexity index is 811. The van der Waals surface area contributed by atoms with E-state index in [1.807, 2.05) is 0 Å². The molecule has 0 aliphatic heterocycles. The lowest BCUT2D eigenvalue weighted by Crippen LogP contribution is -2.29. The molecule has 2 atom stereocenters. The molecule has 0 aliphatic carbocycles. The molecule has 0 aromatic heterocycles. The molecule has 2 N–H and O–H groups in total. The lowest BCUT2D eigenvalue weighted by molar-refractivity contribution is -0.153. The van der Waals surface area contributed by atoms with Gasteiger partial charge in [-0.2, -0.15) is 13.2 Å². The van der Waals surface area contributed by atoms with Crippen molar-refractivity contribution in [1.29, 1.82) is 0 Å². The Morgan fingerprint density at radius 1 is 1.04 bits per heavy atom. The predicted octanol–water partition coefficient (Wildman–Crippen LogP) is 4.38. The maximum absolute atomic E-state index is 12.7. The van der Waals surface area contributed by atoms with Crippen LogP contribution in [0.1, 0.15) is 43.0 Å². The van der Waals surface area contributed by atoms with Gasteiger partial charge >= 0.3 is 12.1 Å². The van der Waals surface area contributed by atoms with E-state index in [0.29, 0.717) is 16.7 Å². The fourth-order valence-corrected chi connectivity index (χ4v) is 2.89. The average Bonchev–Trinajstić information content (AvgIpc) is 2.60. The summed E-state index contributed by atoms with van der Waals surface area (Å²) in [4.78, 5) is 11.4. The summed E-state index contributed by atoms with van der Waals surface area (Å²) in [6.07, 6.45) is -5.65. The molecule has 2 unspecified atom stereocenters. The Morgan fingerprint density at radius 3 is 2.11 bits per heavy atom. The Kier molecular flexibility index (Phi) is 6.52. The van der Waals surface area contributed by atoms with Crippen LogP contribution in [0.4, 0.5) is 13.2 Å². The van der Waals surface area contributed by atoms with Crippen LogP contribution in [0.3, 0.4) is 0 Å². The van der Waals surface area contributed by atoms with Gasteiger partial charge in [0.1, 0.15) is 5.60 Å². The van der Waals surface area contributed by atoms with Gasteiger partial charge in [0.25, 0.3) is 0 Å². The number of carboxylic acid groups (broad SMARTS) is 1. The number of carboxylic acids is 1. The van der Waals surface area contributed by atoms with Gasteiger partial charge < -0.3 is 14.9 Å². The number of halogens is 3.